The molecule has 5 nitrogen and oxygen atoms in total. The Morgan fingerprint density at radius 3 is 2.29 bits per heavy atom. The molecule has 0 aliphatic heterocycles. The molecule has 0 bridgehead atoms. The molecule has 1 amide bonds. The Morgan fingerprint density at radius 2 is 1.88 bits per heavy atom. The van der Waals surface area contributed by atoms with E-state index in [4.69, 9.17) is 10.8 Å². The summed E-state index contributed by atoms with van der Waals surface area (Å²) >= 11 is 0. The quantitative estimate of drug-likeness (QED) is 0.625. The summed E-state index contributed by atoms with van der Waals surface area (Å²) in [6.07, 6.45) is 1.05. The largest absolute Gasteiger partial charge is 0.481 e. The van der Waals surface area contributed by atoms with E-state index >= 15 is 0 Å². The van der Waals surface area contributed by atoms with Gasteiger partial charge in [-0.2, -0.15) is 0 Å². The van der Waals surface area contributed by atoms with Crippen LogP contribution in [0.1, 0.15) is 47.0 Å². The fourth-order valence-electron chi connectivity index (χ4n) is 1.52. The lowest BCUT2D eigenvalue weighted by molar-refractivity contribution is -0.138. The Bertz CT molecular complexity index is 275. The van der Waals surface area contributed by atoms with Crippen molar-refractivity contribution in [3.63, 3.8) is 0 Å². The third-order valence-electron chi connectivity index (χ3n) is 2.49. The molecule has 0 aromatic carbocycles. The second-order valence-corrected chi connectivity index (χ2v) is 5.50. The average molecular weight is 244 g/mol. The van der Waals surface area contributed by atoms with E-state index in [1.807, 2.05) is 13.8 Å². The lowest BCUT2D eigenvalue weighted by atomic mass is 9.96. The fourth-order valence-corrected chi connectivity index (χ4v) is 1.52. The van der Waals surface area contributed by atoms with E-state index in [1.54, 1.807) is 13.8 Å². The molecule has 0 unspecified atom stereocenters. The minimum atomic E-state index is -0.862. The fraction of sp³-hybridized carbons (Fsp3) is 0.833. The van der Waals surface area contributed by atoms with Crippen molar-refractivity contribution < 1.29 is 14.7 Å². The standard InChI is InChI=1S/C12H24N2O3/c1-8(2)7-9(13)11(17)14-12(3,4)6-5-10(15)16/h8-9H,5-7,13H2,1-4H3,(H,14,17)(H,15,16)/t9-/m1/s1. The molecule has 0 aromatic rings. The molecule has 4 N–H and O–H groups in total. The van der Waals surface area contributed by atoms with E-state index in [0.717, 1.165) is 0 Å². The first-order valence-corrected chi connectivity index (χ1v) is 5.93. The average Bonchev–Trinajstić information content (AvgIpc) is 2.13. The van der Waals surface area contributed by atoms with Crippen LogP contribution >= 0.6 is 0 Å². The highest BCUT2D eigenvalue weighted by Gasteiger charge is 2.24. The van der Waals surface area contributed by atoms with E-state index in [-0.39, 0.29) is 12.3 Å². The van der Waals surface area contributed by atoms with Gasteiger partial charge in [-0.3, -0.25) is 9.59 Å². The highest BCUT2D eigenvalue weighted by molar-refractivity contribution is 5.82. The molecule has 100 valence electrons. The van der Waals surface area contributed by atoms with Crippen molar-refractivity contribution in [3.05, 3.63) is 0 Å². The Morgan fingerprint density at radius 1 is 1.35 bits per heavy atom. The minimum absolute atomic E-state index is 0.0344. The first-order chi connectivity index (χ1) is 7.64. The SMILES string of the molecule is CC(C)C[C@@H](N)C(=O)NC(C)(C)CCC(=O)O. The topological polar surface area (TPSA) is 92.4 Å². The summed E-state index contributed by atoms with van der Waals surface area (Å²) in [6.45, 7) is 7.61. The Balaban J connectivity index is 4.20. The summed E-state index contributed by atoms with van der Waals surface area (Å²) in [5.41, 5.74) is 5.22. The predicted molar refractivity (Wildman–Crippen MR) is 66.5 cm³/mol. The lowest BCUT2D eigenvalue weighted by Gasteiger charge is -2.27. The number of aliphatic carboxylic acids is 1. The molecule has 0 fully saturated rings. The molecule has 0 aromatic heterocycles. The number of carbonyl (C=O) groups excluding carboxylic acids is 1. The summed E-state index contributed by atoms with van der Waals surface area (Å²) in [5.74, 6) is -0.717. The van der Waals surface area contributed by atoms with Gasteiger partial charge in [0.05, 0.1) is 6.04 Å². The molecule has 0 aliphatic carbocycles. The molecule has 0 saturated carbocycles. The number of nitrogens with two attached hydrogens (primary N) is 1. The molecule has 1 atom stereocenters. The molecule has 0 saturated heterocycles. The van der Waals surface area contributed by atoms with Gasteiger partial charge in [-0.1, -0.05) is 13.8 Å². The van der Waals surface area contributed by atoms with Gasteiger partial charge in [-0.05, 0) is 32.6 Å². The van der Waals surface area contributed by atoms with Gasteiger partial charge in [-0.25, -0.2) is 0 Å². The van der Waals surface area contributed by atoms with Crippen molar-refractivity contribution >= 4 is 11.9 Å². The first-order valence-electron chi connectivity index (χ1n) is 5.93. The van der Waals surface area contributed by atoms with Crippen LogP contribution in [-0.2, 0) is 9.59 Å². The van der Waals surface area contributed by atoms with Gasteiger partial charge >= 0.3 is 5.97 Å². The maximum Gasteiger partial charge on any atom is 0.303 e. The smallest absolute Gasteiger partial charge is 0.303 e. The number of nitrogens with one attached hydrogen (secondary N) is 1. The predicted octanol–water partition coefficient (Wildman–Crippen LogP) is 1.12. The van der Waals surface area contributed by atoms with Crippen LogP contribution in [0.25, 0.3) is 0 Å². The number of amides is 1. The summed E-state index contributed by atoms with van der Waals surface area (Å²) in [6, 6.07) is -0.529. The van der Waals surface area contributed by atoms with Crippen molar-refractivity contribution in [2.45, 2.75) is 58.5 Å². The van der Waals surface area contributed by atoms with Crippen LogP contribution in [0.4, 0.5) is 0 Å². The van der Waals surface area contributed by atoms with Crippen LogP contribution in [0.3, 0.4) is 0 Å². The van der Waals surface area contributed by atoms with E-state index in [0.29, 0.717) is 18.8 Å². The number of carboxylic acid groups (broad SMARTS) is 1. The van der Waals surface area contributed by atoms with E-state index in [2.05, 4.69) is 5.32 Å². The molecular formula is C12H24N2O3. The molecule has 0 aliphatic rings. The summed E-state index contributed by atoms with van der Waals surface area (Å²) in [4.78, 5) is 22.2. The van der Waals surface area contributed by atoms with Gasteiger partial charge in [0.2, 0.25) is 5.91 Å². The zero-order valence-corrected chi connectivity index (χ0v) is 11.1. The highest BCUT2D eigenvalue weighted by Crippen LogP contribution is 2.12. The number of carbonyl (C=O) groups is 2. The maximum atomic E-state index is 11.8. The number of carboxylic acids is 1. The van der Waals surface area contributed by atoms with Gasteiger partial charge in [0.25, 0.3) is 0 Å². The monoisotopic (exact) mass is 244 g/mol. The van der Waals surface area contributed by atoms with Gasteiger partial charge in [-0.15, -0.1) is 0 Å². The zero-order valence-electron chi connectivity index (χ0n) is 11.1. The summed E-state index contributed by atoms with van der Waals surface area (Å²) < 4.78 is 0. The van der Waals surface area contributed by atoms with Crippen LogP contribution in [0.15, 0.2) is 0 Å². The second-order valence-electron chi connectivity index (χ2n) is 5.50. The summed E-state index contributed by atoms with van der Waals surface area (Å²) in [7, 11) is 0. The van der Waals surface area contributed by atoms with Gasteiger partial charge in [0, 0.05) is 12.0 Å². The van der Waals surface area contributed by atoms with Crippen molar-refractivity contribution in [3.8, 4) is 0 Å². The third kappa shape index (κ3) is 7.74. The number of hydrogen-bond acceptors (Lipinski definition) is 3. The summed E-state index contributed by atoms with van der Waals surface area (Å²) in [5, 5.41) is 11.4. The molecular weight excluding hydrogens is 220 g/mol. The van der Waals surface area contributed by atoms with Gasteiger partial charge in [0.1, 0.15) is 0 Å². The van der Waals surface area contributed by atoms with Gasteiger partial charge < -0.3 is 16.2 Å². The Labute approximate surface area is 103 Å². The van der Waals surface area contributed by atoms with E-state index in [9.17, 15) is 9.59 Å². The van der Waals surface area contributed by atoms with Crippen LogP contribution < -0.4 is 11.1 Å². The highest BCUT2D eigenvalue weighted by atomic mass is 16.4. The number of rotatable bonds is 7. The van der Waals surface area contributed by atoms with Crippen LogP contribution in [0, 0.1) is 5.92 Å². The van der Waals surface area contributed by atoms with Crippen molar-refractivity contribution in [1.82, 2.24) is 5.32 Å². The maximum absolute atomic E-state index is 11.8. The number of hydrogen-bond donors (Lipinski definition) is 3. The normalized spacial score (nSPS) is 13.5. The molecule has 0 spiro atoms. The Hall–Kier alpha value is -1.10. The van der Waals surface area contributed by atoms with Crippen molar-refractivity contribution in [2.75, 3.05) is 0 Å². The molecule has 0 rings (SSSR count). The molecule has 5 heteroatoms. The first kappa shape index (κ1) is 15.9. The zero-order chi connectivity index (χ0) is 13.6. The molecule has 17 heavy (non-hydrogen) atoms. The van der Waals surface area contributed by atoms with Crippen LogP contribution in [0.5, 0.6) is 0 Å². The molecule has 0 radical (unpaired) electrons. The third-order valence-corrected chi connectivity index (χ3v) is 2.49. The van der Waals surface area contributed by atoms with Crippen molar-refractivity contribution in [1.29, 1.82) is 0 Å². The van der Waals surface area contributed by atoms with E-state index in [1.165, 1.54) is 0 Å². The van der Waals surface area contributed by atoms with Gasteiger partial charge in [0.15, 0.2) is 0 Å². The van der Waals surface area contributed by atoms with Crippen LogP contribution in [0.2, 0.25) is 0 Å². The van der Waals surface area contributed by atoms with E-state index < -0.39 is 17.6 Å². The van der Waals surface area contributed by atoms with Crippen LogP contribution in [-0.4, -0.2) is 28.6 Å². The Kier molecular flexibility index (Phi) is 6.16. The minimum Gasteiger partial charge on any atom is -0.481 e. The second kappa shape index (κ2) is 6.59. The van der Waals surface area contributed by atoms with Crippen molar-refractivity contribution in [2.24, 2.45) is 11.7 Å². The lowest BCUT2D eigenvalue weighted by Crippen LogP contribution is -2.51. The molecule has 0 heterocycles.